The van der Waals surface area contributed by atoms with Gasteiger partial charge in [-0.25, -0.2) is 9.37 Å². The van der Waals surface area contributed by atoms with Gasteiger partial charge in [0.15, 0.2) is 11.6 Å². The number of aromatic nitrogens is 1. The molecular formula is C30H39FN4O4. The van der Waals surface area contributed by atoms with E-state index in [1.54, 1.807) is 11.0 Å². The molecule has 1 fully saturated rings. The second kappa shape index (κ2) is 13.2. The SMILES string of the molecule is COc1c([C@@H](C(=O)O)N2CCC(OCCCCCc3ccc4c(n3)NCCC4)C2)cc(C(C)C)c(C#N)c1F. The number of anilines is 1. The van der Waals surface area contributed by atoms with E-state index in [1.165, 1.54) is 12.7 Å². The van der Waals surface area contributed by atoms with Gasteiger partial charge in [0.25, 0.3) is 0 Å². The van der Waals surface area contributed by atoms with Crippen molar-refractivity contribution in [2.75, 3.05) is 38.7 Å². The summed E-state index contributed by atoms with van der Waals surface area (Å²) in [5, 5.41) is 23.0. The number of aryl methyl sites for hydroxylation is 2. The Morgan fingerprint density at radius 1 is 1.31 bits per heavy atom. The Kier molecular flexibility index (Phi) is 9.76. The number of rotatable bonds is 12. The molecule has 1 aromatic heterocycles. The van der Waals surface area contributed by atoms with Crippen molar-refractivity contribution in [2.24, 2.45) is 0 Å². The molecule has 8 nitrogen and oxygen atoms in total. The van der Waals surface area contributed by atoms with Crippen LogP contribution in [0.1, 0.15) is 85.9 Å². The monoisotopic (exact) mass is 538 g/mol. The van der Waals surface area contributed by atoms with Gasteiger partial charge in [-0.1, -0.05) is 26.3 Å². The van der Waals surface area contributed by atoms with Crippen molar-refractivity contribution in [1.82, 2.24) is 9.88 Å². The number of ether oxygens (including phenoxy) is 2. The van der Waals surface area contributed by atoms with Crippen LogP contribution in [0.3, 0.4) is 0 Å². The Morgan fingerprint density at radius 3 is 2.85 bits per heavy atom. The van der Waals surface area contributed by atoms with Crippen molar-refractivity contribution in [3.63, 3.8) is 0 Å². The van der Waals surface area contributed by atoms with E-state index in [1.807, 2.05) is 19.9 Å². The minimum Gasteiger partial charge on any atom is -0.493 e. The molecule has 0 aliphatic carbocycles. The predicted molar refractivity (Wildman–Crippen MR) is 147 cm³/mol. The van der Waals surface area contributed by atoms with Crippen LogP contribution in [0.25, 0.3) is 0 Å². The standard InChI is InChI=1S/C30H39FN4O4/c1-19(2)23-16-24(28(38-3)26(31)25(23)17-32)27(30(36)37)35-14-12-22(18-35)39-15-6-4-5-9-21-11-10-20-8-7-13-33-29(20)34-21/h10-11,16,19,22,27H,4-9,12-15,18H2,1-3H3,(H,33,34)(H,36,37)/t22?,27-/m0/s1. The van der Waals surface area contributed by atoms with Crippen LogP contribution in [0.5, 0.6) is 5.75 Å². The lowest BCUT2D eigenvalue weighted by Crippen LogP contribution is -2.34. The van der Waals surface area contributed by atoms with Gasteiger partial charge in [0.2, 0.25) is 0 Å². The fourth-order valence-electron chi connectivity index (χ4n) is 5.61. The molecule has 0 radical (unpaired) electrons. The number of nitrogens with one attached hydrogen (secondary N) is 1. The van der Waals surface area contributed by atoms with Gasteiger partial charge in [0.1, 0.15) is 17.9 Å². The molecule has 3 heterocycles. The number of carbonyl (C=O) groups is 1. The fraction of sp³-hybridized carbons (Fsp3) is 0.567. The molecule has 1 unspecified atom stereocenters. The summed E-state index contributed by atoms with van der Waals surface area (Å²) in [7, 11) is 1.30. The van der Waals surface area contributed by atoms with Crippen LogP contribution in [0, 0.1) is 17.1 Å². The summed E-state index contributed by atoms with van der Waals surface area (Å²) in [6.07, 6.45) is 6.80. The maximum atomic E-state index is 15.2. The van der Waals surface area contributed by atoms with Crippen molar-refractivity contribution >= 4 is 11.8 Å². The maximum Gasteiger partial charge on any atom is 0.325 e. The van der Waals surface area contributed by atoms with Gasteiger partial charge in [-0.15, -0.1) is 0 Å². The number of hydrogen-bond acceptors (Lipinski definition) is 7. The molecule has 39 heavy (non-hydrogen) atoms. The van der Waals surface area contributed by atoms with Gasteiger partial charge in [-0.3, -0.25) is 9.69 Å². The number of carboxylic acid groups (broad SMARTS) is 1. The van der Waals surface area contributed by atoms with E-state index in [2.05, 4.69) is 17.4 Å². The van der Waals surface area contributed by atoms with Crippen LogP contribution in [-0.4, -0.2) is 60.4 Å². The Balaban J connectivity index is 1.30. The molecule has 0 bridgehead atoms. The van der Waals surface area contributed by atoms with E-state index in [-0.39, 0.29) is 28.9 Å². The normalized spacial score (nSPS) is 17.9. The lowest BCUT2D eigenvalue weighted by molar-refractivity contribution is -0.143. The van der Waals surface area contributed by atoms with Crippen molar-refractivity contribution in [3.05, 3.63) is 52.0 Å². The van der Waals surface area contributed by atoms with E-state index in [0.717, 1.165) is 56.6 Å². The summed E-state index contributed by atoms with van der Waals surface area (Å²) in [6, 6.07) is 6.76. The van der Waals surface area contributed by atoms with Crippen molar-refractivity contribution < 1.29 is 23.8 Å². The summed E-state index contributed by atoms with van der Waals surface area (Å²) >= 11 is 0. The average molecular weight is 539 g/mol. The second-order valence-electron chi connectivity index (χ2n) is 10.7. The third kappa shape index (κ3) is 6.68. The fourth-order valence-corrected chi connectivity index (χ4v) is 5.61. The molecule has 2 aromatic rings. The Hall–Kier alpha value is -3.22. The molecule has 0 spiro atoms. The van der Waals surface area contributed by atoms with Gasteiger partial charge in [0, 0.05) is 37.5 Å². The highest BCUT2D eigenvalue weighted by molar-refractivity contribution is 5.77. The first-order chi connectivity index (χ1) is 18.8. The minimum absolute atomic E-state index is 0.0842. The molecule has 210 valence electrons. The summed E-state index contributed by atoms with van der Waals surface area (Å²) in [6.45, 7) is 6.25. The minimum atomic E-state index is -1.09. The first-order valence-electron chi connectivity index (χ1n) is 14.0. The first-order valence-corrected chi connectivity index (χ1v) is 14.0. The average Bonchev–Trinajstić information content (AvgIpc) is 3.38. The number of halogens is 1. The highest BCUT2D eigenvalue weighted by Gasteiger charge is 2.37. The molecule has 2 aliphatic heterocycles. The van der Waals surface area contributed by atoms with E-state index < -0.39 is 17.8 Å². The first kappa shape index (κ1) is 28.8. The van der Waals surface area contributed by atoms with Crippen LogP contribution >= 0.6 is 0 Å². The topological polar surface area (TPSA) is 108 Å². The summed E-state index contributed by atoms with van der Waals surface area (Å²) in [4.78, 5) is 19.0. The van der Waals surface area contributed by atoms with Crippen molar-refractivity contribution in [3.8, 4) is 11.8 Å². The van der Waals surface area contributed by atoms with Gasteiger partial charge < -0.3 is 19.9 Å². The number of pyridine rings is 1. The molecule has 1 saturated heterocycles. The van der Waals surface area contributed by atoms with Crippen LogP contribution in [-0.2, 0) is 22.4 Å². The van der Waals surface area contributed by atoms with E-state index in [9.17, 15) is 15.2 Å². The zero-order chi connectivity index (χ0) is 27.9. The van der Waals surface area contributed by atoms with Crippen LogP contribution < -0.4 is 10.1 Å². The lowest BCUT2D eigenvalue weighted by Gasteiger charge is -2.27. The van der Waals surface area contributed by atoms with Gasteiger partial charge in [0.05, 0.1) is 18.8 Å². The lowest BCUT2D eigenvalue weighted by atomic mass is 9.91. The number of likely N-dealkylation sites (tertiary alicyclic amines) is 1. The largest absolute Gasteiger partial charge is 0.493 e. The zero-order valence-electron chi connectivity index (χ0n) is 23.1. The number of benzene rings is 1. The number of nitrogens with zero attached hydrogens (tertiary/aromatic N) is 3. The number of hydrogen-bond donors (Lipinski definition) is 2. The van der Waals surface area contributed by atoms with Crippen LogP contribution in [0.4, 0.5) is 10.2 Å². The van der Waals surface area contributed by atoms with Gasteiger partial charge in [-0.2, -0.15) is 5.26 Å². The zero-order valence-corrected chi connectivity index (χ0v) is 23.1. The third-order valence-electron chi connectivity index (χ3n) is 7.67. The van der Waals surface area contributed by atoms with Crippen LogP contribution in [0.15, 0.2) is 18.2 Å². The summed E-state index contributed by atoms with van der Waals surface area (Å²) in [5.41, 5.74) is 3.03. The highest BCUT2D eigenvalue weighted by atomic mass is 19.1. The molecule has 2 aliphatic rings. The molecule has 2 atom stereocenters. The highest BCUT2D eigenvalue weighted by Crippen LogP contribution is 2.39. The Bertz CT molecular complexity index is 1210. The third-order valence-corrected chi connectivity index (χ3v) is 7.67. The van der Waals surface area contributed by atoms with Crippen LogP contribution in [0.2, 0.25) is 0 Å². The summed E-state index contributed by atoms with van der Waals surface area (Å²) in [5.74, 6) is -1.19. The molecule has 2 N–H and O–H groups in total. The summed E-state index contributed by atoms with van der Waals surface area (Å²) < 4.78 is 26.6. The number of carboxylic acids is 1. The van der Waals surface area contributed by atoms with E-state index >= 15 is 4.39 Å². The van der Waals surface area contributed by atoms with E-state index in [0.29, 0.717) is 31.7 Å². The second-order valence-corrected chi connectivity index (χ2v) is 10.7. The number of nitriles is 1. The number of unbranched alkanes of at least 4 members (excludes halogenated alkanes) is 2. The number of aliphatic carboxylic acids is 1. The Labute approximate surface area is 230 Å². The quantitative estimate of drug-likeness (QED) is 0.355. The molecule has 4 rings (SSSR count). The molecule has 0 saturated carbocycles. The van der Waals surface area contributed by atoms with Crippen molar-refractivity contribution in [1.29, 1.82) is 5.26 Å². The van der Waals surface area contributed by atoms with Gasteiger partial charge in [-0.05, 0) is 67.7 Å². The van der Waals surface area contributed by atoms with Crippen molar-refractivity contribution in [2.45, 2.75) is 76.9 Å². The Morgan fingerprint density at radius 2 is 2.13 bits per heavy atom. The smallest absolute Gasteiger partial charge is 0.325 e. The molecule has 0 amide bonds. The maximum absolute atomic E-state index is 15.2. The van der Waals surface area contributed by atoms with Gasteiger partial charge >= 0.3 is 5.97 Å². The molecule has 9 heteroatoms. The molecular weight excluding hydrogens is 499 g/mol. The van der Waals surface area contributed by atoms with E-state index in [4.69, 9.17) is 14.5 Å². The number of methoxy groups -OCH3 is 1. The predicted octanol–water partition coefficient (Wildman–Crippen LogP) is 5.21. The number of fused-ring (bicyclic) bond motifs is 1. The molecule has 1 aromatic carbocycles.